The van der Waals surface area contributed by atoms with E-state index in [4.69, 9.17) is 0 Å². The van der Waals surface area contributed by atoms with E-state index in [0.29, 0.717) is 0 Å². The fourth-order valence-corrected chi connectivity index (χ4v) is 3.04. The van der Waals surface area contributed by atoms with Crippen molar-refractivity contribution in [2.75, 3.05) is 5.32 Å². The van der Waals surface area contributed by atoms with Gasteiger partial charge < -0.3 is 5.32 Å². The zero-order chi connectivity index (χ0) is 22.2. The molecule has 9 heteroatoms. The van der Waals surface area contributed by atoms with Gasteiger partial charge >= 0.3 is 6.18 Å². The van der Waals surface area contributed by atoms with Crippen molar-refractivity contribution in [2.45, 2.75) is 6.18 Å². The molecular weight excluding hydrogens is 414 g/mol. The zero-order valence-corrected chi connectivity index (χ0v) is 15.7. The molecule has 0 saturated carbocycles. The summed E-state index contributed by atoms with van der Waals surface area (Å²) in [7, 11) is 0. The highest BCUT2D eigenvalue weighted by Crippen LogP contribution is 2.30. The number of anilines is 1. The second-order valence-electron chi connectivity index (χ2n) is 6.63. The van der Waals surface area contributed by atoms with Crippen molar-refractivity contribution in [3.8, 4) is 5.69 Å². The van der Waals surface area contributed by atoms with Crippen LogP contribution in [0, 0.1) is 5.82 Å². The van der Waals surface area contributed by atoms with Crippen molar-refractivity contribution < 1.29 is 22.4 Å². The molecule has 5 nitrogen and oxygen atoms in total. The number of hydrogen-bond donors (Lipinski definition) is 1. The van der Waals surface area contributed by atoms with Gasteiger partial charge in [0.15, 0.2) is 0 Å². The molecule has 0 bridgehead atoms. The summed E-state index contributed by atoms with van der Waals surface area (Å²) < 4.78 is 53.7. The molecule has 0 atom stereocenters. The molecule has 156 valence electrons. The fraction of sp³-hybridized carbons (Fsp3) is 0.0455. The summed E-state index contributed by atoms with van der Waals surface area (Å²) in [6.07, 6.45) is -3.46. The van der Waals surface area contributed by atoms with E-state index in [9.17, 15) is 27.2 Å². The Bertz CT molecular complexity index is 1360. The van der Waals surface area contributed by atoms with Crippen LogP contribution >= 0.6 is 0 Å². The van der Waals surface area contributed by atoms with Crippen LogP contribution in [0.25, 0.3) is 16.6 Å². The largest absolute Gasteiger partial charge is 0.416 e. The Balaban J connectivity index is 1.70. The fourth-order valence-electron chi connectivity index (χ4n) is 3.04. The van der Waals surface area contributed by atoms with Crippen LogP contribution < -0.4 is 10.9 Å². The predicted octanol–water partition coefficient (Wildman–Crippen LogP) is 4.80. The van der Waals surface area contributed by atoms with E-state index in [2.05, 4.69) is 10.3 Å². The average molecular weight is 427 g/mol. The number of alkyl halides is 3. The van der Waals surface area contributed by atoms with Crippen LogP contribution in [0.4, 0.5) is 23.2 Å². The Morgan fingerprint density at radius 3 is 2.48 bits per heavy atom. The zero-order valence-electron chi connectivity index (χ0n) is 15.7. The minimum atomic E-state index is -4.55. The molecule has 4 aromatic rings. The van der Waals surface area contributed by atoms with Crippen molar-refractivity contribution in [3.63, 3.8) is 0 Å². The number of amides is 1. The summed E-state index contributed by atoms with van der Waals surface area (Å²) in [5.41, 5.74) is -1.16. The molecule has 3 aromatic carbocycles. The van der Waals surface area contributed by atoms with E-state index in [1.807, 2.05) is 0 Å². The first-order valence-corrected chi connectivity index (χ1v) is 8.99. The van der Waals surface area contributed by atoms with Crippen LogP contribution in [0.15, 0.2) is 77.9 Å². The molecule has 4 rings (SSSR count). The lowest BCUT2D eigenvalue weighted by Gasteiger charge is -2.11. The van der Waals surface area contributed by atoms with E-state index in [-0.39, 0.29) is 27.8 Å². The minimum Gasteiger partial charge on any atom is -0.319 e. The third-order valence-electron chi connectivity index (χ3n) is 4.60. The summed E-state index contributed by atoms with van der Waals surface area (Å²) in [5.74, 6) is -1.20. The number of carbonyl (C=O) groups is 1. The van der Waals surface area contributed by atoms with Crippen molar-refractivity contribution >= 4 is 22.5 Å². The summed E-state index contributed by atoms with van der Waals surface area (Å²) in [6, 6.07) is 14.0. The lowest BCUT2D eigenvalue weighted by Crippen LogP contribution is -2.20. The number of halogens is 4. The van der Waals surface area contributed by atoms with Crippen molar-refractivity contribution in [1.82, 2.24) is 9.55 Å². The molecule has 1 amide bonds. The quantitative estimate of drug-likeness (QED) is 0.478. The van der Waals surface area contributed by atoms with Crippen LogP contribution in [0.3, 0.4) is 0 Å². The molecule has 0 aliphatic heterocycles. The van der Waals surface area contributed by atoms with Crippen molar-refractivity contribution in [1.29, 1.82) is 0 Å². The van der Waals surface area contributed by atoms with E-state index >= 15 is 0 Å². The number of hydrogen-bond acceptors (Lipinski definition) is 3. The minimum absolute atomic E-state index is 0.000481. The highest BCUT2D eigenvalue weighted by atomic mass is 19.4. The topological polar surface area (TPSA) is 64.0 Å². The lowest BCUT2D eigenvalue weighted by atomic mass is 10.1. The molecule has 0 aliphatic carbocycles. The first kappa shape index (κ1) is 20.3. The smallest absolute Gasteiger partial charge is 0.319 e. The number of aromatic nitrogens is 2. The van der Waals surface area contributed by atoms with Gasteiger partial charge in [-0.3, -0.25) is 14.2 Å². The predicted molar refractivity (Wildman–Crippen MR) is 107 cm³/mol. The van der Waals surface area contributed by atoms with Crippen molar-refractivity contribution in [2.24, 2.45) is 0 Å². The molecule has 0 fully saturated rings. The monoisotopic (exact) mass is 427 g/mol. The molecular formula is C22H13F4N3O2. The maximum Gasteiger partial charge on any atom is 0.416 e. The molecule has 1 heterocycles. The number of rotatable bonds is 3. The number of benzene rings is 3. The first-order valence-electron chi connectivity index (χ1n) is 8.99. The Kier molecular flexibility index (Phi) is 5.02. The van der Waals surface area contributed by atoms with Gasteiger partial charge in [-0.25, -0.2) is 9.37 Å². The van der Waals surface area contributed by atoms with E-state index < -0.39 is 29.0 Å². The summed E-state index contributed by atoms with van der Waals surface area (Å²) in [6.45, 7) is 0. The van der Waals surface area contributed by atoms with Crippen LogP contribution in [0.2, 0.25) is 0 Å². The second-order valence-corrected chi connectivity index (χ2v) is 6.63. The van der Waals surface area contributed by atoms with E-state index in [1.165, 1.54) is 48.5 Å². The summed E-state index contributed by atoms with van der Waals surface area (Å²) >= 11 is 0. The molecule has 0 unspecified atom stereocenters. The van der Waals surface area contributed by atoms with Gasteiger partial charge in [0.2, 0.25) is 0 Å². The number of fused-ring (bicyclic) bond motifs is 1. The highest BCUT2D eigenvalue weighted by Gasteiger charge is 2.30. The first-order chi connectivity index (χ1) is 14.7. The Morgan fingerprint density at radius 1 is 0.968 bits per heavy atom. The molecule has 0 spiro atoms. The standard InChI is InChI=1S/C22H13F4N3O2/c23-17-6-1-2-7-18(17)28-20(30)13-8-9-16-19(10-13)27-12-29(21(16)31)15-5-3-4-14(11-15)22(24,25)26/h1-12H,(H,28,30). The maximum absolute atomic E-state index is 13.7. The van der Waals surface area contributed by atoms with Gasteiger partial charge in [-0.15, -0.1) is 0 Å². The summed E-state index contributed by atoms with van der Waals surface area (Å²) in [5, 5.41) is 2.55. The normalized spacial score (nSPS) is 11.5. The molecule has 1 N–H and O–H groups in total. The Morgan fingerprint density at radius 2 is 1.74 bits per heavy atom. The Hall–Kier alpha value is -4.01. The number of nitrogens with one attached hydrogen (secondary N) is 1. The second kappa shape index (κ2) is 7.67. The number of nitrogens with zero attached hydrogens (tertiary/aromatic N) is 2. The van der Waals surface area contributed by atoms with Gasteiger partial charge in [0, 0.05) is 5.56 Å². The third-order valence-corrected chi connectivity index (χ3v) is 4.60. The van der Waals surface area contributed by atoms with E-state index in [0.717, 1.165) is 23.0 Å². The van der Waals surface area contributed by atoms with Gasteiger partial charge in [0.05, 0.1) is 27.8 Å². The summed E-state index contributed by atoms with van der Waals surface area (Å²) in [4.78, 5) is 29.3. The molecule has 0 saturated heterocycles. The SMILES string of the molecule is O=C(Nc1ccccc1F)c1ccc2c(=O)n(-c3cccc(C(F)(F)F)c3)cnc2c1. The van der Waals surface area contributed by atoms with Gasteiger partial charge in [-0.2, -0.15) is 13.2 Å². The third kappa shape index (κ3) is 4.02. The Labute approximate surface area is 172 Å². The molecule has 0 aliphatic rings. The molecule has 0 radical (unpaired) electrons. The van der Waals surface area contributed by atoms with Crippen LogP contribution in [-0.2, 0) is 6.18 Å². The maximum atomic E-state index is 13.7. The van der Waals surface area contributed by atoms with Gasteiger partial charge in [-0.05, 0) is 48.5 Å². The highest BCUT2D eigenvalue weighted by molar-refractivity contribution is 6.06. The van der Waals surface area contributed by atoms with E-state index in [1.54, 1.807) is 6.07 Å². The number of para-hydroxylation sites is 1. The lowest BCUT2D eigenvalue weighted by molar-refractivity contribution is -0.137. The van der Waals surface area contributed by atoms with Gasteiger partial charge in [-0.1, -0.05) is 18.2 Å². The van der Waals surface area contributed by atoms with Gasteiger partial charge in [0.1, 0.15) is 12.1 Å². The number of carbonyl (C=O) groups excluding carboxylic acids is 1. The van der Waals surface area contributed by atoms with Gasteiger partial charge in [0.25, 0.3) is 11.5 Å². The van der Waals surface area contributed by atoms with Crippen molar-refractivity contribution in [3.05, 3.63) is 100 Å². The molecule has 31 heavy (non-hydrogen) atoms. The van der Waals surface area contributed by atoms with Crippen LogP contribution in [0.5, 0.6) is 0 Å². The average Bonchev–Trinajstić information content (AvgIpc) is 2.75. The molecule has 1 aromatic heterocycles. The van der Waals surface area contributed by atoms with Crippen LogP contribution in [-0.4, -0.2) is 15.5 Å². The van der Waals surface area contributed by atoms with Crippen LogP contribution in [0.1, 0.15) is 15.9 Å².